The van der Waals surface area contributed by atoms with Gasteiger partial charge in [-0.1, -0.05) is 53.3 Å². The zero-order valence-corrected chi connectivity index (χ0v) is 23.1. The minimum Gasteiger partial charge on any atom is -0.406 e. The number of hydrogen-bond acceptors (Lipinski definition) is 8. The molecular weight excluding hydrogens is 555 g/mol. The first-order chi connectivity index (χ1) is 19.6. The number of ketones is 1. The van der Waals surface area contributed by atoms with Gasteiger partial charge in [-0.3, -0.25) is 9.59 Å². The molecule has 4 aromatic rings. The monoisotopic (exact) mass is 583 g/mol. The van der Waals surface area contributed by atoms with Gasteiger partial charge in [-0.05, 0) is 61.6 Å². The first-order valence-corrected chi connectivity index (χ1v) is 13.8. The zero-order valence-electron chi connectivity index (χ0n) is 22.3. The van der Waals surface area contributed by atoms with Crippen LogP contribution < -0.4 is 10.1 Å². The molecule has 0 unspecified atom stereocenters. The van der Waals surface area contributed by atoms with Crippen LogP contribution >= 0.6 is 11.3 Å². The summed E-state index contributed by atoms with van der Waals surface area (Å²) in [6.45, 7) is 1.98. The van der Waals surface area contributed by atoms with Gasteiger partial charge in [0, 0.05) is 12.8 Å². The first kappa shape index (κ1) is 29.8. The van der Waals surface area contributed by atoms with E-state index in [4.69, 9.17) is 0 Å². The molecule has 0 fully saturated rings. The lowest BCUT2D eigenvalue weighted by molar-refractivity contribution is -0.274. The number of unbranched alkanes of at least 4 members (excludes halogenated alkanes) is 1. The van der Waals surface area contributed by atoms with E-state index in [1.807, 2.05) is 37.3 Å². The molecule has 0 atom stereocenters. The number of nitrogens with one attached hydrogen (secondary N) is 1. The highest BCUT2D eigenvalue weighted by Gasteiger charge is 2.31. The number of hydrogen-bond donors (Lipinski definition) is 1. The Balaban J connectivity index is 1.16. The van der Waals surface area contributed by atoms with Crippen molar-refractivity contribution in [2.24, 2.45) is 0 Å². The van der Waals surface area contributed by atoms with Crippen molar-refractivity contribution in [1.82, 2.24) is 20.4 Å². The highest BCUT2D eigenvalue weighted by molar-refractivity contribution is 7.15. The molecule has 8 nitrogen and oxygen atoms in total. The van der Waals surface area contributed by atoms with Crippen molar-refractivity contribution >= 4 is 28.2 Å². The summed E-state index contributed by atoms with van der Waals surface area (Å²) in [6.07, 6.45) is -1.40. The van der Waals surface area contributed by atoms with Crippen molar-refractivity contribution in [1.29, 1.82) is 0 Å². The van der Waals surface area contributed by atoms with Crippen LogP contribution in [-0.4, -0.2) is 38.4 Å². The maximum Gasteiger partial charge on any atom is 0.573 e. The lowest BCUT2D eigenvalue weighted by atomic mass is 10.1. The maximum absolute atomic E-state index is 12.4. The lowest BCUT2D eigenvalue weighted by Crippen LogP contribution is -2.17. The quantitative estimate of drug-likeness (QED) is 0.203. The van der Waals surface area contributed by atoms with E-state index in [2.05, 4.69) is 30.4 Å². The molecular formula is C29H28F3N5O3S. The standard InChI is InChI=1S/C29H28F3N5O3S/c1-19-6-4-7-20(14-19)17-26(39)33-28-37-36-27(41-28)11-3-2-9-22-12-13-23(35-34-22)18-24(38)15-21-8-5-10-25(16-21)40-29(30,31)32/h4-8,10,12-14,16H,2-3,9,11,15,17-18H2,1H3,(H,33,37,39). The van der Waals surface area contributed by atoms with Crippen molar-refractivity contribution in [2.45, 2.75) is 58.2 Å². The lowest BCUT2D eigenvalue weighted by Gasteiger charge is -2.09. The Hall–Kier alpha value is -4.19. The second-order valence-corrected chi connectivity index (χ2v) is 10.6. The molecule has 1 N–H and O–H groups in total. The van der Waals surface area contributed by atoms with Crippen molar-refractivity contribution < 1.29 is 27.5 Å². The Kier molecular flexibility index (Phi) is 10.1. The smallest absolute Gasteiger partial charge is 0.406 e. The SMILES string of the molecule is Cc1cccc(CC(=O)Nc2nnc(CCCCc3ccc(CC(=O)Cc4cccc(OC(F)(F)F)c4)nn3)s2)c1. The molecule has 41 heavy (non-hydrogen) atoms. The summed E-state index contributed by atoms with van der Waals surface area (Å²) in [5.74, 6) is -0.690. The number of ether oxygens (including phenoxy) is 1. The topological polar surface area (TPSA) is 107 Å². The summed E-state index contributed by atoms with van der Waals surface area (Å²) >= 11 is 1.36. The van der Waals surface area contributed by atoms with Gasteiger partial charge < -0.3 is 10.1 Å². The summed E-state index contributed by atoms with van der Waals surface area (Å²) in [5.41, 5.74) is 3.76. The van der Waals surface area contributed by atoms with E-state index in [-0.39, 0.29) is 36.7 Å². The molecule has 0 aliphatic rings. The van der Waals surface area contributed by atoms with Crippen molar-refractivity contribution in [3.8, 4) is 5.75 Å². The average Bonchev–Trinajstić information content (AvgIpc) is 3.33. The van der Waals surface area contributed by atoms with Gasteiger partial charge in [-0.2, -0.15) is 10.2 Å². The molecule has 2 aromatic heterocycles. The largest absolute Gasteiger partial charge is 0.573 e. The van der Waals surface area contributed by atoms with E-state index in [0.29, 0.717) is 22.8 Å². The van der Waals surface area contributed by atoms with Crippen LogP contribution in [0.4, 0.5) is 18.3 Å². The summed E-state index contributed by atoms with van der Waals surface area (Å²) in [6, 6.07) is 16.7. The second-order valence-electron chi connectivity index (χ2n) is 9.53. The number of alkyl halides is 3. The zero-order chi connectivity index (χ0) is 29.2. The molecule has 0 aliphatic heterocycles. The number of rotatable bonds is 13. The number of anilines is 1. The Bertz CT molecular complexity index is 1480. The van der Waals surface area contributed by atoms with Crippen molar-refractivity contribution in [2.75, 3.05) is 5.32 Å². The fourth-order valence-corrected chi connectivity index (χ4v) is 4.92. The van der Waals surface area contributed by atoms with Crippen LogP contribution in [0.2, 0.25) is 0 Å². The fourth-order valence-electron chi connectivity index (χ4n) is 4.12. The maximum atomic E-state index is 12.4. The third-order valence-corrected chi connectivity index (χ3v) is 6.82. The second kappa shape index (κ2) is 13.9. The van der Waals surface area contributed by atoms with Gasteiger partial charge in [0.05, 0.1) is 24.2 Å². The van der Waals surface area contributed by atoms with Crippen LogP contribution in [0, 0.1) is 6.92 Å². The normalized spacial score (nSPS) is 11.3. The Labute approximate surface area is 239 Å². The van der Waals surface area contributed by atoms with Gasteiger partial charge in [-0.15, -0.1) is 23.4 Å². The Morgan fingerprint density at radius 3 is 2.27 bits per heavy atom. The van der Waals surface area contributed by atoms with Crippen LogP contribution in [0.3, 0.4) is 0 Å². The van der Waals surface area contributed by atoms with E-state index >= 15 is 0 Å². The molecule has 2 heterocycles. The van der Waals surface area contributed by atoms with Gasteiger partial charge in [0.15, 0.2) is 0 Å². The molecule has 214 valence electrons. The minimum absolute atomic E-state index is 0.0263. The van der Waals surface area contributed by atoms with Gasteiger partial charge in [-0.25, -0.2) is 0 Å². The van der Waals surface area contributed by atoms with E-state index < -0.39 is 6.36 Å². The summed E-state index contributed by atoms with van der Waals surface area (Å²) in [4.78, 5) is 24.7. The average molecular weight is 584 g/mol. The number of nitrogens with zero attached hydrogens (tertiary/aromatic N) is 4. The van der Waals surface area contributed by atoms with E-state index in [1.165, 1.54) is 29.5 Å². The predicted molar refractivity (Wildman–Crippen MR) is 148 cm³/mol. The van der Waals surface area contributed by atoms with Crippen LogP contribution in [0.15, 0.2) is 60.7 Å². The third kappa shape index (κ3) is 10.4. The number of carbonyl (C=O) groups is 2. The van der Waals surface area contributed by atoms with Gasteiger partial charge in [0.25, 0.3) is 0 Å². The number of aryl methyl sites for hydroxylation is 3. The number of halogens is 3. The van der Waals surface area contributed by atoms with Crippen molar-refractivity contribution in [3.05, 3.63) is 93.7 Å². The molecule has 12 heteroatoms. The third-order valence-electron chi connectivity index (χ3n) is 5.92. The first-order valence-electron chi connectivity index (χ1n) is 13.0. The molecule has 1 amide bonds. The molecule has 0 saturated heterocycles. The van der Waals surface area contributed by atoms with Crippen LogP contribution in [-0.2, 0) is 41.7 Å². The summed E-state index contributed by atoms with van der Waals surface area (Å²) in [5, 5.41) is 20.7. The number of Topliss-reactive ketones (excluding diaryl/α,β-unsaturated/α-hetero) is 1. The molecule has 0 saturated carbocycles. The van der Waals surface area contributed by atoms with E-state index in [9.17, 15) is 22.8 Å². The molecule has 4 rings (SSSR count). The van der Waals surface area contributed by atoms with Crippen molar-refractivity contribution in [3.63, 3.8) is 0 Å². The number of amides is 1. The number of benzene rings is 2. The molecule has 2 aromatic carbocycles. The highest BCUT2D eigenvalue weighted by Crippen LogP contribution is 2.24. The molecule has 0 bridgehead atoms. The van der Waals surface area contributed by atoms with E-state index in [1.54, 1.807) is 12.1 Å². The number of aromatic nitrogens is 4. The summed E-state index contributed by atoms with van der Waals surface area (Å²) < 4.78 is 41.1. The minimum atomic E-state index is -4.79. The van der Waals surface area contributed by atoms with Crippen LogP contribution in [0.25, 0.3) is 0 Å². The predicted octanol–water partition coefficient (Wildman–Crippen LogP) is 5.64. The van der Waals surface area contributed by atoms with Gasteiger partial charge >= 0.3 is 6.36 Å². The molecule has 0 aliphatic carbocycles. The molecule has 0 spiro atoms. The fraction of sp³-hybridized carbons (Fsp3) is 0.310. The highest BCUT2D eigenvalue weighted by atomic mass is 32.1. The Morgan fingerprint density at radius 1 is 0.829 bits per heavy atom. The number of carbonyl (C=O) groups excluding carboxylic acids is 2. The summed E-state index contributed by atoms with van der Waals surface area (Å²) in [7, 11) is 0. The van der Waals surface area contributed by atoms with Crippen LogP contribution in [0.1, 0.15) is 45.9 Å². The Morgan fingerprint density at radius 2 is 1.54 bits per heavy atom. The van der Waals surface area contributed by atoms with Crippen LogP contribution in [0.5, 0.6) is 5.75 Å². The van der Waals surface area contributed by atoms with Gasteiger partial charge in [0.2, 0.25) is 11.0 Å². The molecule has 0 radical (unpaired) electrons. The van der Waals surface area contributed by atoms with E-state index in [0.717, 1.165) is 41.1 Å². The van der Waals surface area contributed by atoms with Gasteiger partial charge in [0.1, 0.15) is 16.5 Å².